The van der Waals surface area contributed by atoms with Crippen molar-refractivity contribution in [2.75, 3.05) is 6.54 Å². The van der Waals surface area contributed by atoms with E-state index >= 15 is 0 Å². The number of hydrogen-bond acceptors (Lipinski definition) is 1. The molecule has 2 N–H and O–H groups in total. The molecule has 0 aliphatic rings. The first-order valence-corrected chi connectivity index (χ1v) is 5.27. The maximum absolute atomic E-state index is 10.1. The van der Waals surface area contributed by atoms with E-state index in [2.05, 4.69) is 5.32 Å². The molecular formula is C11H14ClNO2. The molecule has 0 spiro atoms. The van der Waals surface area contributed by atoms with Crippen molar-refractivity contribution >= 4 is 17.7 Å². The summed E-state index contributed by atoms with van der Waals surface area (Å²) in [7, 11) is 0. The van der Waals surface area contributed by atoms with Crippen LogP contribution in [0, 0.1) is 0 Å². The molecule has 82 valence electrons. The molecule has 0 saturated carbocycles. The summed E-state index contributed by atoms with van der Waals surface area (Å²) >= 11 is 5.76. The van der Waals surface area contributed by atoms with Crippen molar-refractivity contribution < 1.29 is 9.90 Å². The average molecular weight is 228 g/mol. The van der Waals surface area contributed by atoms with Crippen LogP contribution >= 0.6 is 11.6 Å². The second-order valence-corrected chi connectivity index (χ2v) is 3.75. The Labute approximate surface area is 94.1 Å². The third-order valence-electron chi connectivity index (χ3n) is 2.08. The van der Waals surface area contributed by atoms with Crippen LogP contribution in [0.15, 0.2) is 24.3 Å². The van der Waals surface area contributed by atoms with E-state index in [1.807, 2.05) is 24.3 Å². The van der Waals surface area contributed by atoms with Crippen molar-refractivity contribution in [1.82, 2.24) is 5.32 Å². The fraction of sp³-hybridized carbons (Fsp3) is 0.364. The van der Waals surface area contributed by atoms with E-state index < -0.39 is 6.09 Å². The highest BCUT2D eigenvalue weighted by Crippen LogP contribution is 2.11. The van der Waals surface area contributed by atoms with Gasteiger partial charge in [0, 0.05) is 11.6 Å². The summed E-state index contributed by atoms with van der Waals surface area (Å²) in [6.45, 7) is 0.517. The summed E-state index contributed by atoms with van der Waals surface area (Å²) < 4.78 is 0. The van der Waals surface area contributed by atoms with Gasteiger partial charge in [-0.15, -0.1) is 0 Å². The highest BCUT2D eigenvalue weighted by molar-refractivity contribution is 6.30. The Morgan fingerprint density at radius 3 is 2.53 bits per heavy atom. The molecule has 0 bridgehead atoms. The van der Waals surface area contributed by atoms with Gasteiger partial charge in [0.2, 0.25) is 0 Å². The Hall–Kier alpha value is -1.22. The van der Waals surface area contributed by atoms with E-state index in [-0.39, 0.29) is 0 Å². The molecule has 1 aromatic rings. The van der Waals surface area contributed by atoms with Crippen LogP contribution in [-0.4, -0.2) is 17.7 Å². The van der Waals surface area contributed by atoms with Crippen molar-refractivity contribution in [2.24, 2.45) is 0 Å². The largest absolute Gasteiger partial charge is 0.465 e. The standard InChI is InChI=1S/C11H14ClNO2/c12-10-6-4-9(5-7-10)3-1-2-8-13-11(14)15/h4-7,13H,1-3,8H2,(H,14,15). The van der Waals surface area contributed by atoms with Gasteiger partial charge in [-0.3, -0.25) is 0 Å². The van der Waals surface area contributed by atoms with Crippen molar-refractivity contribution in [3.8, 4) is 0 Å². The van der Waals surface area contributed by atoms with Gasteiger partial charge in [-0.1, -0.05) is 23.7 Å². The fourth-order valence-corrected chi connectivity index (χ4v) is 1.43. The van der Waals surface area contributed by atoms with Crippen molar-refractivity contribution in [3.05, 3.63) is 34.9 Å². The zero-order chi connectivity index (χ0) is 11.1. The first-order valence-electron chi connectivity index (χ1n) is 4.90. The van der Waals surface area contributed by atoms with Crippen LogP contribution in [0.1, 0.15) is 18.4 Å². The van der Waals surface area contributed by atoms with E-state index in [4.69, 9.17) is 16.7 Å². The van der Waals surface area contributed by atoms with Gasteiger partial charge in [-0.25, -0.2) is 4.79 Å². The van der Waals surface area contributed by atoms with Crippen molar-refractivity contribution in [2.45, 2.75) is 19.3 Å². The lowest BCUT2D eigenvalue weighted by Crippen LogP contribution is -2.21. The van der Waals surface area contributed by atoms with Crippen LogP contribution in [0.5, 0.6) is 0 Å². The molecule has 0 aliphatic heterocycles. The van der Waals surface area contributed by atoms with E-state index in [0.717, 1.165) is 24.3 Å². The minimum Gasteiger partial charge on any atom is -0.465 e. The highest BCUT2D eigenvalue weighted by Gasteiger charge is 1.95. The number of benzene rings is 1. The Morgan fingerprint density at radius 1 is 1.27 bits per heavy atom. The summed E-state index contributed by atoms with van der Waals surface area (Å²) in [5.41, 5.74) is 1.23. The summed E-state index contributed by atoms with van der Waals surface area (Å²) in [6.07, 6.45) is 1.83. The Balaban J connectivity index is 2.15. The maximum atomic E-state index is 10.1. The molecule has 0 atom stereocenters. The smallest absolute Gasteiger partial charge is 0.404 e. The van der Waals surface area contributed by atoms with Gasteiger partial charge in [0.15, 0.2) is 0 Å². The molecule has 1 amide bonds. The topological polar surface area (TPSA) is 49.3 Å². The third-order valence-corrected chi connectivity index (χ3v) is 2.33. The SMILES string of the molecule is O=C(O)NCCCCc1ccc(Cl)cc1. The summed E-state index contributed by atoms with van der Waals surface area (Å²) in [5, 5.41) is 11.4. The molecule has 1 rings (SSSR count). The van der Waals surface area contributed by atoms with E-state index in [1.165, 1.54) is 5.56 Å². The number of halogens is 1. The quantitative estimate of drug-likeness (QED) is 0.760. The molecule has 0 heterocycles. The van der Waals surface area contributed by atoms with Crippen LogP contribution < -0.4 is 5.32 Å². The molecule has 15 heavy (non-hydrogen) atoms. The first-order chi connectivity index (χ1) is 7.18. The van der Waals surface area contributed by atoms with Crippen molar-refractivity contribution in [1.29, 1.82) is 0 Å². The van der Waals surface area contributed by atoms with Crippen LogP contribution in [0.2, 0.25) is 5.02 Å². The molecular weight excluding hydrogens is 214 g/mol. The Bertz CT molecular complexity index is 311. The second kappa shape index (κ2) is 6.30. The second-order valence-electron chi connectivity index (χ2n) is 3.32. The molecule has 0 radical (unpaired) electrons. The van der Waals surface area contributed by atoms with E-state index in [1.54, 1.807) is 0 Å². The number of hydrogen-bond donors (Lipinski definition) is 2. The number of carbonyl (C=O) groups is 1. The van der Waals surface area contributed by atoms with Crippen molar-refractivity contribution in [3.63, 3.8) is 0 Å². The van der Waals surface area contributed by atoms with Crippen LogP contribution in [0.25, 0.3) is 0 Å². The lowest BCUT2D eigenvalue weighted by Gasteiger charge is -2.02. The normalized spacial score (nSPS) is 9.93. The number of rotatable bonds is 5. The number of amides is 1. The molecule has 0 aromatic heterocycles. The van der Waals surface area contributed by atoms with Gasteiger partial charge in [0.05, 0.1) is 0 Å². The van der Waals surface area contributed by atoms with E-state index in [9.17, 15) is 4.79 Å². The molecule has 0 saturated heterocycles. The predicted octanol–water partition coefficient (Wildman–Crippen LogP) is 2.93. The summed E-state index contributed by atoms with van der Waals surface area (Å²) in [4.78, 5) is 10.1. The van der Waals surface area contributed by atoms with Gasteiger partial charge in [-0.2, -0.15) is 0 Å². The number of nitrogens with one attached hydrogen (secondary N) is 1. The average Bonchev–Trinajstić information content (AvgIpc) is 2.20. The van der Waals surface area contributed by atoms with Crippen LogP contribution in [-0.2, 0) is 6.42 Å². The monoisotopic (exact) mass is 227 g/mol. The zero-order valence-electron chi connectivity index (χ0n) is 8.37. The fourth-order valence-electron chi connectivity index (χ4n) is 1.30. The van der Waals surface area contributed by atoms with Crippen LogP contribution in [0.4, 0.5) is 4.79 Å². The molecule has 1 aromatic carbocycles. The highest BCUT2D eigenvalue weighted by atomic mass is 35.5. The maximum Gasteiger partial charge on any atom is 0.404 e. The first kappa shape index (κ1) is 11.9. The summed E-state index contributed by atoms with van der Waals surface area (Å²) in [5.74, 6) is 0. The van der Waals surface area contributed by atoms with Gasteiger partial charge in [0.1, 0.15) is 0 Å². The minimum atomic E-state index is -0.957. The molecule has 0 fully saturated rings. The Morgan fingerprint density at radius 2 is 1.93 bits per heavy atom. The molecule has 0 aliphatic carbocycles. The third kappa shape index (κ3) is 5.27. The zero-order valence-corrected chi connectivity index (χ0v) is 9.13. The molecule has 4 heteroatoms. The number of aryl methyl sites for hydroxylation is 1. The minimum absolute atomic E-state index is 0.517. The van der Waals surface area contributed by atoms with Gasteiger partial charge < -0.3 is 10.4 Å². The molecule has 0 unspecified atom stereocenters. The van der Waals surface area contributed by atoms with Gasteiger partial charge in [-0.05, 0) is 37.0 Å². The van der Waals surface area contributed by atoms with Gasteiger partial charge in [0.25, 0.3) is 0 Å². The number of carboxylic acid groups (broad SMARTS) is 1. The lowest BCUT2D eigenvalue weighted by atomic mass is 10.1. The van der Waals surface area contributed by atoms with Crippen LogP contribution in [0.3, 0.4) is 0 Å². The lowest BCUT2D eigenvalue weighted by molar-refractivity contribution is 0.194. The van der Waals surface area contributed by atoms with E-state index in [0.29, 0.717) is 6.54 Å². The summed E-state index contributed by atoms with van der Waals surface area (Å²) in [6, 6.07) is 7.72. The van der Waals surface area contributed by atoms with Gasteiger partial charge >= 0.3 is 6.09 Å². The number of unbranched alkanes of at least 4 members (excludes halogenated alkanes) is 1. The predicted molar refractivity (Wildman–Crippen MR) is 60.4 cm³/mol. The Kier molecular flexibility index (Phi) is 4.98. The molecule has 3 nitrogen and oxygen atoms in total.